The molecule has 0 radical (unpaired) electrons. The fourth-order valence-electron chi connectivity index (χ4n) is 2.01. The van der Waals surface area contributed by atoms with Crippen molar-refractivity contribution in [2.45, 2.75) is 6.92 Å². The van der Waals surface area contributed by atoms with Gasteiger partial charge in [0.1, 0.15) is 0 Å². The quantitative estimate of drug-likeness (QED) is 0.527. The van der Waals surface area contributed by atoms with Gasteiger partial charge in [-0.15, -0.1) is 0 Å². The summed E-state index contributed by atoms with van der Waals surface area (Å²) in [6.07, 6.45) is 1.38. The zero-order chi connectivity index (χ0) is 15.6. The van der Waals surface area contributed by atoms with Crippen LogP contribution in [0.2, 0.25) is 0 Å². The van der Waals surface area contributed by atoms with Crippen molar-refractivity contribution < 1.29 is 14.5 Å². The van der Waals surface area contributed by atoms with E-state index in [1.165, 1.54) is 19.4 Å². The van der Waals surface area contributed by atoms with Crippen molar-refractivity contribution in [1.82, 2.24) is 4.98 Å². The molecule has 0 saturated carbocycles. The number of methoxy groups -OCH3 is 1. The Hall–Kier alpha value is -2.96. The fraction of sp³-hybridized carbons (Fsp3) is 0.143. The van der Waals surface area contributed by atoms with E-state index in [0.29, 0.717) is 16.7 Å². The average molecular weight is 287 g/mol. The smallest absolute Gasteiger partial charge is 0.338 e. The van der Waals surface area contributed by atoms with E-state index in [1.54, 1.807) is 25.1 Å². The third kappa shape index (κ3) is 2.66. The first-order valence-corrected chi connectivity index (χ1v) is 6.04. The molecule has 0 aliphatic carbocycles. The van der Waals surface area contributed by atoms with E-state index < -0.39 is 10.9 Å². The van der Waals surface area contributed by atoms with Crippen LogP contribution in [0.15, 0.2) is 30.5 Å². The summed E-state index contributed by atoms with van der Waals surface area (Å²) in [4.78, 5) is 26.0. The first kappa shape index (κ1) is 14.4. The standard InChI is InChI=1S/C14H13N3O4/c1-8-3-4-9(7-11(8)14(18)21-2)10-5-6-16-13(15)12(10)17(19)20/h3-7H,1-2H3,(H2,15,16). The van der Waals surface area contributed by atoms with Crippen LogP contribution >= 0.6 is 0 Å². The zero-order valence-electron chi connectivity index (χ0n) is 11.5. The van der Waals surface area contributed by atoms with E-state index in [9.17, 15) is 14.9 Å². The zero-order valence-corrected chi connectivity index (χ0v) is 11.5. The van der Waals surface area contributed by atoms with Crippen LogP contribution in [0.1, 0.15) is 15.9 Å². The molecule has 0 saturated heterocycles. The molecule has 0 bridgehead atoms. The van der Waals surface area contributed by atoms with Gasteiger partial charge in [0.25, 0.3) is 0 Å². The number of ether oxygens (including phenoxy) is 1. The molecule has 7 heteroatoms. The Kier molecular flexibility index (Phi) is 3.84. The molecule has 1 aromatic heterocycles. The number of anilines is 1. The molecule has 0 atom stereocenters. The number of nitrogens with two attached hydrogens (primary N) is 1. The van der Waals surface area contributed by atoms with Gasteiger partial charge in [0.15, 0.2) is 0 Å². The molecule has 0 unspecified atom stereocenters. The number of aromatic nitrogens is 1. The van der Waals surface area contributed by atoms with Gasteiger partial charge >= 0.3 is 11.7 Å². The lowest BCUT2D eigenvalue weighted by molar-refractivity contribution is -0.383. The monoisotopic (exact) mass is 287 g/mol. The van der Waals surface area contributed by atoms with E-state index in [2.05, 4.69) is 4.98 Å². The molecule has 0 fully saturated rings. The van der Waals surface area contributed by atoms with Crippen LogP contribution in [0.4, 0.5) is 11.5 Å². The van der Waals surface area contributed by atoms with Gasteiger partial charge in [-0.25, -0.2) is 9.78 Å². The largest absolute Gasteiger partial charge is 0.465 e. The van der Waals surface area contributed by atoms with Crippen molar-refractivity contribution in [3.63, 3.8) is 0 Å². The van der Waals surface area contributed by atoms with Gasteiger partial charge in [0, 0.05) is 6.20 Å². The number of nitrogens with zero attached hydrogens (tertiary/aromatic N) is 2. The number of hydrogen-bond acceptors (Lipinski definition) is 6. The van der Waals surface area contributed by atoms with Gasteiger partial charge in [0.05, 0.1) is 23.2 Å². The summed E-state index contributed by atoms with van der Waals surface area (Å²) in [5.41, 5.74) is 7.16. The molecule has 0 aliphatic rings. The lowest BCUT2D eigenvalue weighted by Gasteiger charge is -2.08. The number of esters is 1. The Bertz CT molecular complexity index is 728. The molecular weight excluding hydrogens is 274 g/mol. The third-order valence-electron chi connectivity index (χ3n) is 3.09. The van der Waals surface area contributed by atoms with Crippen LogP contribution in [0.5, 0.6) is 0 Å². The Balaban J connectivity index is 2.66. The SMILES string of the molecule is COC(=O)c1cc(-c2ccnc(N)c2[N+](=O)[O-])ccc1C. The number of hydrogen-bond donors (Lipinski definition) is 1. The number of nitrogen functional groups attached to an aromatic ring is 1. The maximum absolute atomic E-state index is 11.7. The Morgan fingerprint density at radius 3 is 2.71 bits per heavy atom. The van der Waals surface area contributed by atoms with Crippen LogP contribution in [0, 0.1) is 17.0 Å². The van der Waals surface area contributed by atoms with Crippen molar-refractivity contribution in [3.8, 4) is 11.1 Å². The summed E-state index contributed by atoms with van der Waals surface area (Å²) < 4.78 is 4.70. The molecule has 1 heterocycles. The van der Waals surface area contributed by atoms with Crippen LogP contribution < -0.4 is 5.73 Å². The predicted molar refractivity (Wildman–Crippen MR) is 76.8 cm³/mol. The lowest BCUT2D eigenvalue weighted by atomic mass is 9.99. The van der Waals surface area contributed by atoms with E-state index in [0.717, 1.165) is 5.56 Å². The number of benzene rings is 1. The van der Waals surface area contributed by atoms with Gasteiger partial charge in [-0.2, -0.15) is 0 Å². The fourth-order valence-corrected chi connectivity index (χ4v) is 2.01. The van der Waals surface area contributed by atoms with Gasteiger partial charge in [-0.1, -0.05) is 12.1 Å². The Morgan fingerprint density at radius 2 is 2.10 bits per heavy atom. The van der Waals surface area contributed by atoms with Crippen molar-refractivity contribution in [3.05, 3.63) is 51.7 Å². The molecule has 7 nitrogen and oxygen atoms in total. The van der Waals surface area contributed by atoms with Crippen LogP contribution in [0.3, 0.4) is 0 Å². The molecule has 1 aromatic carbocycles. The van der Waals surface area contributed by atoms with E-state index in [4.69, 9.17) is 10.5 Å². The Labute approximate surface area is 120 Å². The minimum absolute atomic E-state index is 0.169. The summed E-state index contributed by atoms with van der Waals surface area (Å²) in [5, 5.41) is 11.2. The second kappa shape index (κ2) is 5.58. The van der Waals surface area contributed by atoms with Gasteiger partial charge in [0.2, 0.25) is 5.82 Å². The summed E-state index contributed by atoms with van der Waals surface area (Å²) in [6, 6.07) is 6.41. The molecule has 108 valence electrons. The van der Waals surface area contributed by atoms with E-state index in [-0.39, 0.29) is 11.5 Å². The topological polar surface area (TPSA) is 108 Å². The summed E-state index contributed by atoms with van der Waals surface area (Å²) in [7, 11) is 1.28. The number of carbonyl (C=O) groups is 1. The summed E-state index contributed by atoms with van der Waals surface area (Å²) in [5.74, 6) is -0.670. The van der Waals surface area contributed by atoms with Crippen molar-refractivity contribution in [2.75, 3.05) is 12.8 Å². The third-order valence-corrected chi connectivity index (χ3v) is 3.09. The molecule has 0 amide bonds. The molecular formula is C14H13N3O4. The number of aryl methyl sites for hydroxylation is 1. The molecule has 2 aromatic rings. The number of carbonyl (C=O) groups excluding carboxylic acids is 1. The normalized spacial score (nSPS) is 10.2. The molecule has 0 aliphatic heterocycles. The second-order valence-corrected chi connectivity index (χ2v) is 4.37. The highest BCUT2D eigenvalue weighted by Crippen LogP contribution is 2.34. The highest BCUT2D eigenvalue weighted by molar-refractivity contribution is 5.93. The molecule has 0 spiro atoms. The number of nitro groups is 1. The van der Waals surface area contributed by atoms with Gasteiger partial charge in [-0.3, -0.25) is 10.1 Å². The van der Waals surface area contributed by atoms with Crippen molar-refractivity contribution in [1.29, 1.82) is 0 Å². The van der Waals surface area contributed by atoms with Crippen molar-refractivity contribution >= 4 is 17.5 Å². The Morgan fingerprint density at radius 1 is 1.38 bits per heavy atom. The maximum atomic E-state index is 11.7. The minimum Gasteiger partial charge on any atom is -0.465 e. The minimum atomic E-state index is -0.588. The first-order valence-electron chi connectivity index (χ1n) is 6.04. The van der Waals surface area contributed by atoms with Crippen molar-refractivity contribution in [2.24, 2.45) is 0 Å². The maximum Gasteiger partial charge on any atom is 0.338 e. The van der Waals surface area contributed by atoms with Gasteiger partial charge in [-0.05, 0) is 30.2 Å². The predicted octanol–water partition coefficient (Wildman–Crippen LogP) is 2.33. The first-order chi connectivity index (χ1) is 9.95. The molecule has 2 N–H and O–H groups in total. The summed E-state index contributed by atoms with van der Waals surface area (Å²) >= 11 is 0. The summed E-state index contributed by atoms with van der Waals surface area (Å²) in [6.45, 7) is 1.76. The molecule has 21 heavy (non-hydrogen) atoms. The highest BCUT2D eigenvalue weighted by atomic mass is 16.6. The second-order valence-electron chi connectivity index (χ2n) is 4.37. The van der Waals surface area contributed by atoms with Crippen LogP contribution in [0.25, 0.3) is 11.1 Å². The number of pyridine rings is 1. The molecule has 2 rings (SSSR count). The lowest BCUT2D eigenvalue weighted by Crippen LogP contribution is -2.05. The highest BCUT2D eigenvalue weighted by Gasteiger charge is 2.21. The van der Waals surface area contributed by atoms with Crippen LogP contribution in [-0.2, 0) is 4.74 Å². The average Bonchev–Trinajstić information content (AvgIpc) is 2.46. The van der Waals surface area contributed by atoms with Gasteiger partial charge < -0.3 is 10.5 Å². The van der Waals surface area contributed by atoms with E-state index >= 15 is 0 Å². The van der Waals surface area contributed by atoms with E-state index in [1.807, 2.05) is 0 Å². The number of rotatable bonds is 3. The van der Waals surface area contributed by atoms with Crippen LogP contribution in [-0.4, -0.2) is 23.0 Å².